The van der Waals surface area contributed by atoms with Gasteiger partial charge in [-0.25, -0.2) is 13.2 Å². The van der Waals surface area contributed by atoms with Gasteiger partial charge in [-0.15, -0.1) is 0 Å². The first-order chi connectivity index (χ1) is 8.86. The van der Waals surface area contributed by atoms with E-state index in [9.17, 15) is 18.0 Å². The summed E-state index contributed by atoms with van der Waals surface area (Å²) in [6.45, 7) is 1.77. The van der Waals surface area contributed by atoms with E-state index in [1.807, 2.05) is 0 Å². The lowest BCUT2D eigenvalue weighted by atomic mass is 10.1. The number of hydrogen-bond acceptors (Lipinski definition) is 4. The van der Waals surface area contributed by atoms with Crippen molar-refractivity contribution in [1.82, 2.24) is 0 Å². The SMILES string of the molecule is CCCS(=O)(=O)c1ccc(C(=O)/C=C/C(=O)O)cc1. The maximum atomic E-state index is 11.8. The Hall–Kier alpha value is -1.95. The third-order valence-corrected chi connectivity index (χ3v) is 4.28. The van der Waals surface area contributed by atoms with Crippen molar-refractivity contribution in [2.75, 3.05) is 5.75 Å². The Balaban J connectivity index is 2.94. The second-order valence-corrected chi connectivity index (χ2v) is 5.99. The van der Waals surface area contributed by atoms with Crippen molar-refractivity contribution in [2.45, 2.75) is 18.2 Å². The minimum Gasteiger partial charge on any atom is -0.478 e. The van der Waals surface area contributed by atoms with Crippen LogP contribution in [0.5, 0.6) is 0 Å². The van der Waals surface area contributed by atoms with Crippen LogP contribution in [0, 0.1) is 0 Å². The number of aliphatic carboxylic acids is 1. The van der Waals surface area contributed by atoms with Crippen molar-refractivity contribution < 1.29 is 23.1 Å². The summed E-state index contributed by atoms with van der Waals surface area (Å²) in [4.78, 5) is 22.0. The Morgan fingerprint density at radius 3 is 2.21 bits per heavy atom. The van der Waals surface area contributed by atoms with Crippen LogP contribution in [0.4, 0.5) is 0 Å². The lowest BCUT2D eigenvalue weighted by Gasteiger charge is -2.03. The average molecular weight is 282 g/mol. The molecule has 102 valence electrons. The normalized spacial score (nSPS) is 11.6. The molecule has 19 heavy (non-hydrogen) atoms. The van der Waals surface area contributed by atoms with E-state index >= 15 is 0 Å². The Bertz CT molecular complexity index is 596. The number of carboxylic acids is 1. The zero-order valence-electron chi connectivity index (χ0n) is 10.4. The molecule has 5 nitrogen and oxygen atoms in total. The monoisotopic (exact) mass is 282 g/mol. The predicted octanol–water partition coefficient (Wildman–Crippen LogP) is 1.69. The molecule has 1 aromatic rings. The number of ketones is 1. The third-order valence-electron chi connectivity index (χ3n) is 2.35. The first kappa shape index (κ1) is 15.1. The molecule has 0 radical (unpaired) electrons. The van der Waals surface area contributed by atoms with Crippen LogP contribution in [-0.4, -0.2) is 31.0 Å². The summed E-state index contributed by atoms with van der Waals surface area (Å²) in [5, 5.41) is 8.40. The minimum absolute atomic E-state index is 0.0548. The van der Waals surface area contributed by atoms with E-state index in [1.54, 1.807) is 6.92 Å². The molecular weight excluding hydrogens is 268 g/mol. The summed E-state index contributed by atoms with van der Waals surface area (Å²) < 4.78 is 23.5. The van der Waals surface area contributed by atoms with Crippen LogP contribution >= 0.6 is 0 Å². The molecule has 0 heterocycles. The van der Waals surface area contributed by atoms with Gasteiger partial charge in [-0.05, 0) is 36.8 Å². The van der Waals surface area contributed by atoms with Gasteiger partial charge >= 0.3 is 5.97 Å². The molecule has 0 aliphatic rings. The summed E-state index contributed by atoms with van der Waals surface area (Å²) >= 11 is 0. The number of rotatable bonds is 6. The maximum absolute atomic E-state index is 11.8. The smallest absolute Gasteiger partial charge is 0.328 e. The fourth-order valence-electron chi connectivity index (χ4n) is 1.46. The molecule has 1 N–H and O–H groups in total. The van der Waals surface area contributed by atoms with Crippen molar-refractivity contribution in [1.29, 1.82) is 0 Å². The van der Waals surface area contributed by atoms with E-state index < -0.39 is 21.6 Å². The third kappa shape index (κ3) is 4.33. The zero-order valence-corrected chi connectivity index (χ0v) is 11.2. The van der Waals surface area contributed by atoms with E-state index in [4.69, 9.17) is 5.11 Å². The van der Waals surface area contributed by atoms with Crippen LogP contribution < -0.4 is 0 Å². The summed E-state index contributed by atoms with van der Waals surface area (Å²) in [6, 6.07) is 5.45. The van der Waals surface area contributed by atoms with Crippen LogP contribution in [0.3, 0.4) is 0 Å². The number of carbonyl (C=O) groups is 2. The fraction of sp³-hybridized carbons (Fsp3) is 0.231. The van der Waals surface area contributed by atoms with Crippen LogP contribution in [0.1, 0.15) is 23.7 Å². The number of hydrogen-bond donors (Lipinski definition) is 1. The van der Waals surface area contributed by atoms with E-state index in [1.165, 1.54) is 24.3 Å². The number of allylic oxidation sites excluding steroid dienone is 1. The predicted molar refractivity (Wildman–Crippen MR) is 69.9 cm³/mol. The molecule has 1 rings (SSSR count). The molecular formula is C13H14O5S. The highest BCUT2D eigenvalue weighted by Crippen LogP contribution is 2.14. The quantitative estimate of drug-likeness (QED) is 0.633. The molecule has 0 bridgehead atoms. The molecule has 0 amide bonds. The molecule has 6 heteroatoms. The highest BCUT2D eigenvalue weighted by Gasteiger charge is 2.13. The van der Waals surface area contributed by atoms with Gasteiger partial charge in [-0.3, -0.25) is 4.79 Å². The van der Waals surface area contributed by atoms with E-state index in [0.29, 0.717) is 6.42 Å². The minimum atomic E-state index is -3.30. The van der Waals surface area contributed by atoms with Crippen LogP contribution in [0.2, 0.25) is 0 Å². The summed E-state index contributed by atoms with van der Waals surface area (Å²) in [6.07, 6.45) is 2.19. The summed E-state index contributed by atoms with van der Waals surface area (Å²) in [5.41, 5.74) is 0.243. The van der Waals surface area contributed by atoms with Gasteiger partial charge < -0.3 is 5.11 Å². The van der Waals surface area contributed by atoms with Gasteiger partial charge in [0.2, 0.25) is 0 Å². The molecule has 0 aromatic heterocycles. The van der Waals surface area contributed by atoms with Gasteiger partial charge in [0.1, 0.15) is 0 Å². The van der Waals surface area contributed by atoms with Crippen LogP contribution in [0.15, 0.2) is 41.3 Å². The van der Waals surface area contributed by atoms with Crippen molar-refractivity contribution in [2.24, 2.45) is 0 Å². The second-order valence-electron chi connectivity index (χ2n) is 3.88. The summed E-state index contributed by atoms with van der Waals surface area (Å²) in [7, 11) is -3.30. The average Bonchev–Trinajstić information content (AvgIpc) is 2.36. The molecule has 0 aliphatic carbocycles. The highest BCUT2D eigenvalue weighted by molar-refractivity contribution is 7.91. The van der Waals surface area contributed by atoms with Crippen molar-refractivity contribution in [3.05, 3.63) is 42.0 Å². The molecule has 0 saturated carbocycles. The van der Waals surface area contributed by atoms with Gasteiger partial charge in [-0.1, -0.05) is 6.92 Å². The van der Waals surface area contributed by atoms with Crippen molar-refractivity contribution >= 4 is 21.6 Å². The first-order valence-electron chi connectivity index (χ1n) is 5.65. The van der Waals surface area contributed by atoms with Crippen LogP contribution in [0.25, 0.3) is 0 Å². The summed E-state index contributed by atoms with van der Waals surface area (Å²) in [5.74, 6) is -1.64. The molecule has 0 atom stereocenters. The molecule has 0 saturated heterocycles. The largest absolute Gasteiger partial charge is 0.478 e. The maximum Gasteiger partial charge on any atom is 0.328 e. The van der Waals surface area contributed by atoms with E-state index in [2.05, 4.69) is 0 Å². The topological polar surface area (TPSA) is 88.5 Å². The van der Waals surface area contributed by atoms with Gasteiger partial charge in [0.15, 0.2) is 15.6 Å². The number of benzene rings is 1. The number of sulfone groups is 1. The Morgan fingerprint density at radius 2 is 1.74 bits per heavy atom. The fourth-order valence-corrected chi connectivity index (χ4v) is 2.78. The lowest BCUT2D eigenvalue weighted by Crippen LogP contribution is -2.06. The molecule has 0 aliphatic heterocycles. The Kier molecular flexibility index (Phi) is 5.00. The zero-order chi connectivity index (χ0) is 14.5. The van der Waals surface area contributed by atoms with Crippen LogP contribution in [-0.2, 0) is 14.6 Å². The number of carboxylic acid groups (broad SMARTS) is 1. The highest BCUT2D eigenvalue weighted by atomic mass is 32.2. The first-order valence-corrected chi connectivity index (χ1v) is 7.30. The second kappa shape index (κ2) is 6.29. The number of carbonyl (C=O) groups excluding carboxylic acids is 1. The van der Waals surface area contributed by atoms with Crippen molar-refractivity contribution in [3.8, 4) is 0 Å². The van der Waals surface area contributed by atoms with E-state index in [0.717, 1.165) is 12.2 Å². The van der Waals surface area contributed by atoms with Gasteiger partial charge in [0.05, 0.1) is 10.6 Å². The van der Waals surface area contributed by atoms with Gasteiger partial charge in [-0.2, -0.15) is 0 Å². The van der Waals surface area contributed by atoms with Gasteiger partial charge in [0, 0.05) is 11.6 Å². The molecule has 0 unspecified atom stereocenters. The standard InChI is InChI=1S/C13H14O5S/c1-2-9-19(17,18)11-5-3-10(4-6-11)12(14)7-8-13(15)16/h3-8H,2,9H2,1H3,(H,15,16)/b8-7+. The molecule has 0 spiro atoms. The Labute approximate surface area is 111 Å². The molecule has 0 fully saturated rings. The lowest BCUT2D eigenvalue weighted by molar-refractivity contribution is -0.131. The Morgan fingerprint density at radius 1 is 1.16 bits per heavy atom. The van der Waals surface area contributed by atoms with Crippen molar-refractivity contribution in [3.63, 3.8) is 0 Å². The molecule has 1 aromatic carbocycles. The van der Waals surface area contributed by atoms with Gasteiger partial charge in [0.25, 0.3) is 0 Å². The van der Waals surface area contributed by atoms with E-state index in [-0.39, 0.29) is 16.2 Å².